The number of aliphatic imine (C=N–C) groups is 1. The minimum absolute atomic E-state index is 0.112. The number of hydrogen-bond acceptors (Lipinski definition) is 7. The van der Waals surface area contributed by atoms with Gasteiger partial charge in [0.15, 0.2) is 5.17 Å². The van der Waals surface area contributed by atoms with Gasteiger partial charge in [-0.25, -0.2) is 0 Å². The van der Waals surface area contributed by atoms with E-state index in [-0.39, 0.29) is 23.7 Å². The van der Waals surface area contributed by atoms with E-state index in [1.54, 1.807) is 25.6 Å². The number of nitrogens with zero attached hydrogens (tertiary/aromatic N) is 2. The maximum absolute atomic E-state index is 10.7. The Balaban J connectivity index is 2.26. The van der Waals surface area contributed by atoms with Gasteiger partial charge in [-0.05, 0) is 26.7 Å². The summed E-state index contributed by atoms with van der Waals surface area (Å²) in [6.45, 7) is 9.17. The molecular formula is C19H36N2O4S. The summed E-state index contributed by atoms with van der Waals surface area (Å²) in [5, 5.41) is 11.7. The van der Waals surface area contributed by atoms with Crippen molar-refractivity contribution < 1.29 is 19.3 Å². The van der Waals surface area contributed by atoms with Gasteiger partial charge in [0.2, 0.25) is 0 Å². The SMILES string of the molecule is CCCCO[C@@H]1[C@H]2N=C(N(C)C)S[C@H]2O[C@H](C(C)(C)O)[C@H]1OCCCC. The molecule has 1 fully saturated rings. The molecule has 2 aliphatic rings. The van der Waals surface area contributed by atoms with E-state index >= 15 is 0 Å². The third-order valence-corrected chi connectivity index (χ3v) is 6.00. The molecule has 5 atom stereocenters. The van der Waals surface area contributed by atoms with Gasteiger partial charge in [-0.3, -0.25) is 4.99 Å². The first-order chi connectivity index (χ1) is 12.3. The number of ether oxygens (including phenoxy) is 3. The number of thioether (sulfide) groups is 1. The summed E-state index contributed by atoms with van der Waals surface area (Å²) < 4.78 is 18.8. The van der Waals surface area contributed by atoms with E-state index in [0.717, 1.165) is 30.9 Å². The van der Waals surface area contributed by atoms with Gasteiger partial charge >= 0.3 is 0 Å². The second kappa shape index (κ2) is 9.73. The lowest BCUT2D eigenvalue weighted by Crippen LogP contribution is -2.62. The van der Waals surface area contributed by atoms with Gasteiger partial charge in [-0.2, -0.15) is 0 Å². The molecule has 2 aliphatic heterocycles. The van der Waals surface area contributed by atoms with Crippen LogP contribution in [-0.4, -0.2) is 77.9 Å². The standard InChI is InChI=1S/C19H36N2O4S/c1-7-9-11-23-14-13-17(26-18(20-13)21(5)6)25-16(19(3,4)22)15(14)24-12-10-8-2/h13-17,22H,7-12H2,1-6H3/t13-,14-,15+,16+,17-/m1/s1. The lowest BCUT2D eigenvalue weighted by molar-refractivity contribution is -0.233. The molecule has 0 aromatic rings. The van der Waals surface area contributed by atoms with Crippen molar-refractivity contribution in [2.24, 2.45) is 4.99 Å². The first-order valence-corrected chi connectivity index (χ1v) is 10.7. The zero-order chi connectivity index (χ0) is 19.3. The first-order valence-electron chi connectivity index (χ1n) is 9.82. The molecule has 7 heteroatoms. The van der Waals surface area contributed by atoms with Crippen LogP contribution in [0.3, 0.4) is 0 Å². The summed E-state index contributed by atoms with van der Waals surface area (Å²) in [5.74, 6) is 0. The molecule has 152 valence electrons. The predicted molar refractivity (Wildman–Crippen MR) is 107 cm³/mol. The highest BCUT2D eigenvalue weighted by Crippen LogP contribution is 2.41. The van der Waals surface area contributed by atoms with E-state index in [1.165, 1.54) is 0 Å². The van der Waals surface area contributed by atoms with Crippen LogP contribution in [0.5, 0.6) is 0 Å². The van der Waals surface area contributed by atoms with Crippen LogP contribution in [0.15, 0.2) is 4.99 Å². The summed E-state index contributed by atoms with van der Waals surface area (Å²) >= 11 is 1.60. The van der Waals surface area contributed by atoms with Gasteiger partial charge in [0.1, 0.15) is 29.8 Å². The van der Waals surface area contributed by atoms with Crippen molar-refractivity contribution in [3.05, 3.63) is 0 Å². The lowest BCUT2D eigenvalue weighted by Gasteiger charge is -2.46. The molecular weight excluding hydrogens is 352 g/mol. The van der Waals surface area contributed by atoms with Gasteiger partial charge in [-0.1, -0.05) is 38.5 Å². The van der Waals surface area contributed by atoms with E-state index in [2.05, 4.69) is 13.8 Å². The second-order valence-corrected chi connectivity index (χ2v) is 8.94. The quantitative estimate of drug-likeness (QED) is 0.613. The van der Waals surface area contributed by atoms with E-state index in [9.17, 15) is 5.11 Å². The smallest absolute Gasteiger partial charge is 0.161 e. The van der Waals surface area contributed by atoms with Crippen LogP contribution in [0.4, 0.5) is 0 Å². The van der Waals surface area contributed by atoms with Crippen LogP contribution in [0.1, 0.15) is 53.4 Å². The van der Waals surface area contributed by atoms with E-state index in [0.29, 0.717) is 13.2 Å². The maximum atomic E-state index is 10.7. The Morgan fingerprint density at radius 1 is 1.12 bits per heavy atom. The highest BCUT2D eigenvalue weighted by Gasteiger charge is 2.54. The fourth-order valence-electron chi connectivity index (χ4n) is 3.21. The van der Waals surface area contributed by atoms with Crippen molar-refractivity contribution in [3.8, 4) is 0 Å². The summed E-state index contributed by atoms with van der Waals surface area (Å²) in [4.78, 5) is 6.86. The van der Waals surface area contributed by atoms with Crippen molar-refractivity contribution in [3.63, 3.8) is 0 Å². The fourth-order valence-corrected chi connectivity index (χ4v) is 4.34. The Morgan fingerprint density at radius 3 is 2.19 bits per heavy atom. The van der Waals surface area contributed by atoms with E-state index in [4.69, 9.17) is 19.2 Å². The Bertz CT molecular complexity index is 467. The molecule has 0 saturated carbocycles. The molecule has 1 saturated heterocycles. The molecule has 0 bridgehead atoms. The predicted octanol–water partition coefficient (Wildman–Crippen LogP) is 2.89. The number of hydrogen-bond donors (Lipinski definition) is 1. The van der Waals surface area contributed by atoms with Crippen LogP contribution < -0.4 is 0 Å². The average molecular weight is 389 g/mol. The van der Waals surface area contributed by atoms with Crippen molar-refractivity contribution in [1.82, 2.24) is 4.90 Å². The largest absolute Gasteiger partial charge is 0.388 e. The third kappa shape index (κ3) is 5.35. The van der Waals surface area contributed by atoms with Crippen molar-refractivity contribution in [1.29, 1.82) is 0 Å². The monoisotopic (exact) mass is 388 g/mol. The van der Waals surface area contributed by atoms with Crippen LogP contribution in [0.25, 0.3) is 0 Å². The van der Waals surface area contributed by atoms with Gasteiger partial charge in [0, 0.05) is 27.3 Å². The molecule has 0 unspecified atom stereocenters. The molecule has 6 nitrogen and oxygen atoms in total. The topological polar surface area (TPSA) is 63.5 Å². The summed E-state index contributed by atoms with van der Waals surface area (Å²) in [6.07, 6.45) is 3.13. The molecule has 1 N–H and O–H groups in total. The highest BCUT2D eigenvalue weighted by molar-refractivity contribution is 8.14. The van der Waals surface area contributed by atoms with Crippen molar-refractivity contribution in [2.75, 3.05) is 27.3 Å². The Kier molecular flexibility index (Phi) is 8.22. The third-order valence-electron chi connectivity index (χ3n) is 4.69. The van der Waals surface area contributed by atoms with Crippen molar-refractivity contribution >= 4 is 16.9 Å². The lowest BCUT2D eigenvalue weighted by atomic mass is 9.88. The molecule has 0 aromatic heterocycles. The summed E-state index contributed by atoms with van der Waals surface area (Å²) in [5.41, 5.74) is -1.17. The Hall–Kier alpha value is -0.340. The Labute approximate surface area is 162 Å². The normalized spacial score (nSPS) is 31.7. The minimum Gasteiger partial charge on any atom is -0.388 e. The van der Waals surface area contributed by atoms with Gasteiger partial charge in [0.25, 0.3) is 0 Å². The van der Waals surface area contributed by atoms with Crippen molar-refractivity contribution in [2.45, 2.75) is 88.8 Å². The van der Waals surface area contributed by atoms with Gasteiger partial charge in [-0.15, -0.1) is 0 Å². The summed E-state index contributed by atoms with van der Waals surface area (Å²) in [6, 6.07) is -0.112. The fraction of sp³-hybridized carbons (Fsp3) is 0.947. The average Bonchev–Trinajstić information content (AvgIpc) is 2.99. The van der Waals surface area contributed by atoms with Crippen LogP contribution in [0.2, 0.25) is 0 Å². The van der Waals surface area contributed by atoms with E-state index in [1.807, 2.05) is 19.0 Å². The molecule has 0 radical (unpaired) electrons. The molecule has 0 aromatic carbocycles. The second-order valence-electron chi connectivity index (χ2n) is 7.87. The maximum Gasteiger partial charge on any atom is 0.161 e. The van der Waals surface area contributed by atoms with Gasteiger partial charge < -0.3 is 24.2 Å². The first kappa shape index (κ1) is 22.0. The number of fused-ring (bicyclic) bond motifs is 1. The zero-order valence-corrected chi connectivity index (χ0v) is 17.9. The van der Waals surface area contributed by atoms with E-state index < -0.39 is 11.7 Å². The number of amidine groups is 1. The highest BCUT2D eigenvalue weighted by atomic mass is 32.2. The van der Waals surface area contributed by atoms with Crippen LogP contribution in [-0.2, 0) is 14.2 Å². The molecule has 0 amide bonds. The molecule has 2 rings (SSSR count). The molecule has 26 heavy (non-hydrogen) atoms. The zero-order valence-electron chi connectivity index (χ0n) is 17.1. The van der Waals surface area contributed by atoms with Gasteiger partial charge in [0.05, 0.1) is 5.60 Å². The minimum atomic E-state index is -1.02. The van der Waals surface area contributed by atoms with Crippen LogP contribution >= 0.6 is 11.8 Å². The molecule has 2 heterocycles. The number of aliphatic hydroxyl groups is 1. The molecule has 0 spiro atoms. The Morgan fingerprint density at radius 2 is 1.69 bits per heavy atom. The number of unbranched alkanes of at least 4 members (excludes halogenated alkanes) is 2. The van der Waals surface area contributed by atoms with Crippen LogP contribution in [0, 0.1) is 0 Å². The molecule has 0 aliphatic carbocycles. The number of rotatable bonds is 9. The summed E-state index contributed by atoms with van der Waals surface area (Å²) in [7, 11) is 3.97.